The van der Waals surface area contributed by atoms with Crippen LogP contribution in [0.4, 0.5) is 0 Å². The van der Waals surface area contributed by atoms with Crippen LogP contribution in [0, 0.1) is 18.3 Å². The van der Waals surface area contributed by atoms with Gasteiger partial charge in [-0.15, -0.1) is 6.42 Å². The first-order valence-corrected chi connectivity index (χ1v) is 12.8. The molecular formula is C17H20N4O5S3. The number of aromatic nitrogens is 1. The Balaban J connectivity index is 2.03. The van der Waals surface area contributed by atoms with E-state index in [9.17, 15) is 21.6 Å². The quantitative estimate of drug-likeness (QED) is 0.651. The van der Waals surface area contributed by atoms with Crippen molar-refractivity contribution in [3.63, 3.8) is 0 Å². The second kappa shape index (κ2) is 8.00. The summed E-state index contributed by atoms with van der Waals surface area (Å²) in [5.74, 6) is 1.53. The summed E-state index contributed by atoms with van der Waals surface area (Å²) >= 11 is 1.12. The van der Waals surface area contributed by atoms with Crippen molar-refractivity contribution in [2.75, 3.05) is 19.3 Å². The fraction of sp³-hybridized carbons (Fsp3) is 0.412. The van der Waals surface area contributed by atoms with Gasteiger partial charge in [0.05, 0.1) is 33.8 Å². The molecule has 0 saturated carbocycles. The van der Waals surface area contributed by atoms with E-state index in [1.807, 2.05) is 0 Å². The molecule has 1 aliphatic rings. The first kappa shape index (κ1) is 21.7. The lowest BCUT2D eigenvalue weighted by Gasteiger charge is -2.28. The summed E-state index contributed by atoms with van der Waals surface area (Å²) < 4.78 is 50.3. The van der Waals surface area contributed by atoms with Gasteiger partial charge in [0.15, 0.2) is 4.80 Å². The molecule has 1 amide bonds. The minimum Gasteiger partial charge on any atom is -0.305 e. The van der Waals surface area contributed by atoms with Crippen LogP contribution in [0.2, 0.25) is 0 Å². The first-order chi connectivity index (χ1) is 13.5. The Morgan fingerprint density at radius 3 is 2.72 bits per heavy atom. The van der Waals surface area contributed by atoms with Crippen LogP contribution >= 0.6 is 11.3 Å². The third-order valence-electron chi connectivity index (χ3n) is 4.64. The van der Waals surface area contributed by atoms with Crippen molar-refractivity contribution in [3.05, 3.63) is 23.0 Å². The number of terminal acetylenes is 1. The van der Waals surface area contributed by atoms with Crippen LogP contribution in [0.1, 0.15) is 12.8 Å². The molecule has 2 aromatic rings. The van der Waals surface area contributed by atoms with E-state index in [-0.39, 0.29) is 18.0 Å². The predicted octanol–water partition coefficient (Wildman–Crippen LogP) is 0.0823. The second-order valence-electron chi connectivity index (χ2n) is 6.76. The standard InChI is InChI=1S/C17H20N4O5S3/c1-3-8-21-14-7-6-13(29(18,25)26)10-15(14)27-17(21)19-16(22)12-5-4-9-20(11-12)28(2,23)24/h1,6-7,10,12H,4-5,8-9,11H2,2H3,(H2,18,25,26). The van der Waals surface area contributed by atoms with E-state index >= 15 is 0 Å². The molecule has 156 valence electrons. The molecule has 1 aromatic carbocycles. The zero-order valence-electron chi connectivity index (χ0n) is 15.6. The number of carbonyl (C=O) groups excluding carboxylic acids is 1. The van der Waals surface area contributed by atoms with Crippen molar-refractivity contribution in [2.24, 2.45) is 16.0 Å². The van der Waals surface area contributed by atoms with Crippen molar-refractivity contribution >= 4 is 47.5 Å². The maximum absolute atomic E-state index is 12.7. The van der Waals surface area contributed by atoms with E-state index in [4.69, 9.17) is 11.6 Å². The highest BCUT2D eigenvalue weighted by Crippen LogP contribution is 2.23. The zero-order valence-corrected chi connectivity index (χ0v) is 18.1. The number of nitrogens with zero attached hydrogens (tertiary/aromatic N) is 3. The molecule has 0 radical (unpaired) electrons. The summed E-state index contributed by atoms with van der Waals surface area (Å²) in [6, 6.07) is 4.35. The highest BCUT2D eigenvalue weighted by atomic mass is 32.2. The van der Waals surface area contributed by atoms with E-state index in [0.29, 0.717) is 34.4 Å². The van der Waals surface area contributed by atoms with Gasteiger partial charge in [-0.1, -0.05) is 17.3 Å². The van der Waals surface area contributed by atoms with Gasteiger partial charge in [0.1, 0.15) is 0 Å². The van der Waals surface area contributed by atoms with Gasteiger partial charge in [0.25, 0.3) is 5.91 Å². The minimum absolute atomic E-state index is 0.0481. The Morgan fingerprint density at radius 1 is 1.38 bits per heavy atom. The number of amides is 1. The van der Waals surface area contributed by atoms with Crippen LogP contribution in [-0.2, 0) is 31.4 Å². The molecule has 2 heterocycles. The molecule has 0 spiro atoms. The summed E-state index contributed by atoms with van der Waals surface area (Å²) in [4.78, 5) is 17.2. The monoisotopic (exact) mass is 456 g/mol. The normalized spacial score (nSPS) is 19.3. The van der Waals surface area contributed by atoms with Gasteiger partial charge in [-0.2, -0.15) is 4.99 Å². The number of hydrogen-bond donors (Lipinski definition) is 1. The van der Waals surface area contributed by atoms with Gasteiger partial charge in [-0.05, 0) is 31.0 Å². The number of benzene rings is 1. The number of carbonyl (C=O) groups is 1. The summed E-state index contributed by atoms with van der Waals surface area (Å²) in [5, 5.41) is 5.18. The Morgan fingerprint density at radius 2 is 2.10 bits per heavy atom. The molecule has 0 aliphatic carbocycles. The van der Waals surface area contributed by atoms with Gasteiger partial charge in [0, 0.05) is 13.1 Å². The fourth-order valence-electron chi connectivity index (χ4n) is 3.19. The molecule has 1 atom stereocenters. The van der Waals surface area contributed by atoms with Crippen LogP contribution in [-0.4, -0.2) is 51.0 Å². The maximum Gasteiger partial charge on any atom is 0.252 e. The highest BCUT2D eigenvalue weighted by Gasteiger charge is 2.30. The lowest BCUT2D eigenvalue weighted by Crippen LogP contribution is -2.41. The topological polar surface area (TPSA) is 132 Å². The van der Waals surface area contributed by atoms with Gasteiger partial charge in [-0.25, -0.2) is 26.3 Å². The number of hydrogen-bond acceptors (Lipinski definition) is 6. The van der Waals surface area contributed by atoms with E-state index < -0.39 is 31.9 Å². The summed E-state index contributed by atoms with van der Waals surface area (Å²) in [5.41, 5.74) is 0.633. The molecular weight excluding hydrogens is 436 g/mol. The van der Waals surface area contributed by atoms with Crippen LogP contribution in [0.25, 0.3) is 10.2 Å². The zero-order chi connectivity index (χ0) is 21.4. The molecule has 1 aliphatic heterocycles. The number of piperidine rings is 1. The Kier molecular flexibility index (Phi) is 5.98. The van der Waals surface area contributed by atoms with Crippen LogP contribution < -0.4 is 9.94 Å². The highest BCUT2D eigenvalue weighted by molar-refractivity contribution is 7.89. The van der Waals surface area contributed by atoms with Crippen molar-refractivity contribution < 1.29 is 21.6 Å². The molecule has 12 heteroatoms. The van der Waals surface area contributed by atoms with E-state index in [1.54, 1.807) is 10.6 Å². The summed E-state index contributed by atoms with van der Waals surface area (Å²) in [6.45, 7) is 0.622. The third-order valence-corrected chi connectivity index (χ3v) is 7.86. The van der Waals surface area contributed by atoms with Gasteiger partial charge in [-0.3, -0.25) is 4.79 Å². The number of primary sulfonamides is 1. The molecule has 9 nitrogen and oxygen atoms in total. The number of nitrogens with two attached hydrogens (primary N) is 1. The van der Waals surface area contributed by atoms with Crippen molar-refractivity contribution in [2.45, 2.75) is 24.3 Å². The summed E-state index contributed by atoms with van der Waals surface area (Å²) in [6.07, 6.45) is 7.68. The Hall–Kier alpha value is -2.04. The lowest BCUT2D eigenvalue weighted by atomic mass is 9.99. The number of thiazole rings is 1. The van der Waals surface area contributed by atoms with Gasteiger partial charge >= 0.3 is 0 Å². The molecule has 2 N–H and O–H groups in total. The van der Waals surface area contributed by atoms with Crippen molar-refractivity contribution in [1.82, 2.24) is 8.87 Å². The second-order valence-corrected chi connectivity index (χ2v) is 11.3. The first-order valence-electron chi connectivity index (χ1n) is 8.64. The van der Waals surface area contributed by atoms with Crippen LogP contribution in [0.5, 0.6) is 0 Å². The van der Waals surface area contributed by atoms with Gasteiger partial charge in [0.2, 0.25) is 20.0 Å². The van der Waals surface area contributed by atoms with Crippen LogP contribution in [0.3, 0.4) is 0 Å². The van der Waals surface area contributed by atoms with Crippen molar-refractivity contribution in [1.29, 1.82) is 0 Å². The van der Waals surface area contributed by atoms with Crippen molar-refractivity contribution in [3.8, 4) is 12.3 Å². The molecule has 3 rings (SSSR count). The molecule has 29 heavy (non-hydrogen) atoms. The average molecular weight is 457 g/mol. The van der Waals surface area contributed by atoms with E-state index in [0.717, 1.165) is 17.6 Å². The number of fused-ring (bicyclic) bond motifs is 1. The fourth-order valence-corrected chi connectivity index (χ4v) is 5.79. The average Bonchev–Trinajstić information content (AvgIpc) is 2.97. The molecule has 1 unspecified atom stereocenters. The Bertz CT molecular complexity index is 1280. The largest absolute Gasteiger partial charge is 0.305 e. The molecule has 1 aromatic heterocycles. The van der Waals surface area contributed by atoms with E-state index in [2.05, 4.69) is 10.9 Å². The van der Waals surface area contributed by atoms with E-state index in [1.165, 1.54) is 16.4 Å². The molecule has 1 saturated heterocycles. The third kappa shape index (κ3) is 4.76. The lowest BCUT2D eigenvalue weighted by molar-refractivity contribution is -0.122. The number of rotatable bonds is 4. The maximum atomic E-state index is 12.7. The number of sulfonamides is 2. The smallest absolute Gasteiger partial charge is 0.252 e. The summed E-state index contributed by atoms with van der Waals surface area (Å²) in [7, 11) is -7.25. The van der Waals surface area contributed by atoms with Gasteiger partial charge < -0.3 is 4.57 Å². The molecule has 1 fully saturated rings. The minimum atomic E-state index is -3.87. The predicted molar refractivity (Wildman–Crippen MR) is 110 cm³/mol. The Labute approximate surface area is 173 Å². The SMILES string of the molecule is C#CCn1c(=NC(=O)C2CCCN(S(C)(=O)=O)C2)sc2cc(S(N)(=O)=O)ccc21. The van der Waals surface area contributed by atoms with Crippen LogP contribution in [0.15, 0.2) is 28.1 Å². The molecule has 0 bridgehead atoms.